The molecule has 0 aliphatic carbocycles. The number of rotatable bonds is 4. The van der Waals surface area contributed by atoms with Crippen molar-refractivity contribution in [3.63, 3.8) is 0 Å². The molecule has 0 unspecified atom stereocenters. The highest BCUT2D eigenvalue weighted by Gasteiger charge is 2.37. The minimum absolute atomic E-state index is 0.524. The predicted octanol–water partition coefficient (Wildman–Crippen LogP) is 3.50. The van der Waals surface area contributed by atoms with E-state index in [2.05, 4.69) is 51.9 Å². The number of methoxy groups -OCH3 is 2. The first-order chi connectivity index (χ1) is 7.97. The third-order valence-corrected chi connectivity index (χ3v) is 3.93. The SMILES string of the molecule is COc1ccc(C(Br)(Br)C(=O)OBr)cc1OC. The first-order valence-electron chi connectivity index (χ1n) is 4.40. The van der Waals surface area contributed by atoms with Gasteiger partial charge in [0.1, 0.15) is 0 Å². The number of carbonyl (C=O) groups is 1. The van der Waals surface area contributed by atoms with Crippen molar-refractivity contribution in [2.75, 3.05) is 14.2 Å². The van der Waals surface area contributed by atoms with Crippen molar-refractivity contribution >= 4 is 54.1 Å². The molecule has 0 saturated heterocycles. The van der Waals surface area contributed by atoms with Crippen molar-refractivity contribution in [1.29, 1.82) is 0 Å². The molecule has 7 heteroatoms. The van der Waals surface area contributed by atoms with Crippen molar-refractivity contribution in [1.82, 2.24) is 0 Å². The highest BCUT2D eigenvalue weighted by atomic mass is 79.9. The summed E-state index contributed by atoms with van der Waals surface area (Å²) in [6.07, 6.45) is 0. The highest BCUT2D eigenvalue weighted by Crippen LogP contribution is 2.42. The number of hydrogen-bond acceptors (Lipinski definition) is 4. The van der Waals surface area contributed by atoms with Crippen LogP contribution in [0.25, 0.3) is 0 Å². The first-order valence-corrected chi connectivity index (χ1v) is 6.64. The summed E-state index contributed by atoms with van der Waals surface area (Å²) in [5.41, 5.74) is 0.625. The molecule has 0 amide bonds. The largest absolute Gasteiger partial charge is 0.493 e. The van der Waals surface area contributed by atoms with Crippen LogP contribution in [-0.2, 0) is 11.9 Å². The first kappa shape index (κ1) is 14.8. The quantitative estimate of drug-likeness (QED) is 0.683. The lowest BCUT2D eigenvalue weighted by molar-refractivity contribution is -0.132. The van der Waals surface area contributed by atoms with Gasteiger partial charge in [0, 0.05) is 0 Å². The normalized spacial score (nSPS) is 10.9. The van der Waals surface area contributed by atoms with E-state index in [0.717, 1.165) is 0 Å². The maximum Gasteiger partial charge on any atom is 0.349 e. The van der Waals surface area contributed by atoms with Crippen LogP contribution in [0.4, 0.5) is 0 Å². The van der Waals surface area contributed by atoms with Crippen LogP contribution in [0.3, 0.4) is 0 Å². The second kappa shape index (κ2) is 6.06. The topological polar surface area (TPSA) is 44.8 Å². The Labute approximate surface area is 124 Å². The molecule has 0 aliphatic rings. The molecule has 0 atom stereocenters. The molecule has 0 aliphatic heterocycles. The fourth-order valence-electron chi connectivity index (χ4n) is 1.20. The summed E-state index contributed by atoms with van der Waals surface area (Å²) in [6.45, 7) is 0. The number of halogens is 3. The van der Waals surface area contributed by atoms with Crippen LogP contribution >= 0.6 is 48.1 Å². The molecule has 94 valence electrons. The maximum atomic E-state index is 11.6. The molecule has 0 bridgehead atoms. The highest BCUT2D eigenvalue weighted by molar-refractivity contribution is 9.25. The molecule has 0 fully saturated rings. The van der Waals surface area contributed by atoms with E-state index >= 15 is 0 Å². The van der Waals surface area contributed by atoms with Crippen LogP contribution in [0.5, 0.6) is 11.5 Å². The fourth-order valence-corrected chi connectivity index (χ4v) is 2.53. The Kier molecular flexibility index (Phi) is 5.27. The number of benzene rings is 1. The van der Waals surface area contributed by atoms with Crippen molar-refractivity contribution in [2.45, 2.75) is 3.23 Å². The van der Waals surface area contributed by atoms with Crippen LogP contribution in [0.15, 0.2) is 18.2 Å². The van der Waals surface area contributed by atoms with Gasteiger partial charge in [0.2, 0.25) is 3.23 Å². The lowest BCUT2D eigenvalue weighted by Crippen LogP contribution is -2.22. The summed E-state index contributed by atoms with van der Waals surface area (Å²) in [5, 5.41) is 0. The van der Waals surface area contributed by atoms with Crippen LogP contribution in [0.2, 0.25) is 0 Å². The standard InChI is InChI=1S/C10H9Br3O4/c1-15-7-4-3-6(5-8(7)16-2)10(11,12)9(14)17-13/h3-5H,1-2H3. The number of carbonyl (C=O) groups excluding carboxylic acids is 1. The number of ether oxygens (including phenoxy) is 2. The molecule has 0 N–H and O–H groups in total. The van der Waals surface area contributed by atoms with Gasteiger partial charge in [0.15, 0.2) is 27.8 Å². The molecule has 0 aromatic heterocycles. The van der Waals surface area contributed by atoms with Crippen LogP contribution < -0.4 is 9.47 Å². The Bertz CT molecular complexity index is 420. The van der Waals surface area contributed by atoms with Gasteiger partial charge in [-0.1, -0.05) is 37.9 Å². The van der Waals surface area contributed by atoms with E-state index in [9.17, 15) is 4.79 Å². The second-order valence-corrected chi connectivity index (χ2v) is 6.78. The van der Waals surface area contributed by atoms with Gasteiger partial charge >= 0.3 is 5.97 Å². The van der Waals surface area contributed by atoms with Gasteiger partial charge in [-0.05, 0) is 17.7 Å². The van der Waals surface area contributed by atoms with Crippen LogP contribution in [0, 0.1) is 0 Å². The van der Waals surface area contributed by atoms with E-state index in [-0.39, 0.29) is 0 Å². The molecule has 1 aromatic rings. The lowest BCUT2D eigenvalue weighted by Gasteiger charge is -2.18. The molecule has 1 aromatic carbocycles. The predicted molar refractivity (Wildman–Crippen MR) is 74.1 cm³/mol. The third kappa shape index (κ3) is 3.14. The summed E-state index contributed by atoms with van der Waals surface area (Å²) in [5.74, 6) is 0.569. The van der Waals surface area contributed by atoms with Gasteiger partial charge < -0.3 is 13.3 Å². The fraction of sp³-hybridized carbons (Fsp3) is 0.300. The van der Waals surface area contributed by atoms with Crippen molar-refractivity contribution in [3.8, 4) is 11.5 Å². The third-order valence-electron chi connectivity index (χ3n) is 2.07. The molecule has 0 radical (unpaired) electrons. The Morgan fingerprint density at radius 3 is 2.24 bits per heavy atom. The van der Waals surface area contributed by atoms with E-state index in [4.69, 9.17) is 9.47 Å². The molecule has 0 spiro atoms. The Balaban J connectivity index is 3.19. The smallest absolute Gasteiger partial charge is 0.349 e. The minimum Gasteiger partial charge on any atom is -0.493 e. The molecular weight excluding hydrogens is 424 g/mol. The van der Waals surface area contributed by atoms with Gasteiger partial charge in [-0.3, -0.25) is 0 Å². The average Bonchev–Trinajstić information content (AvgIpc) is 2.36. The molecule has 0 saturated carbocycles. The van der Waals surface area contributed by atoms with Gasteiger partial charge in [-0.25, -0.2) is 4.79 Å². The van der Waals surface area contributed by atoms with Crippen LogP contribution in [-0.4, -0.2) is 20.2 Å². The second-order valence-electron chi connectivity index (χ2n) is 3.01. The Morgan fingerprint density at radius 2 is 1.76 bits per heavy atom. The van der Waals surface area contributed by atoms with Gasteiger partial charge in [-0.15, -0.1) is 0 Å². The minimum atomic E-state index is -1.14. The van der Waals surface area contributed by atoms with Gasteiger partial charge in [0.25, 0.3) is 0 Å². The molecule has 17 heavy (non-hydrogen) atoms. The summed E-state index contributed by atoms with van der Waals surface area (Å²) >= 11 is 9.13. The monoisotopic (exact) mass is 430 g/mol. The van der Waals surface area contributed by atoms with E-state index in [1.54, 1.807) is 25.3 Å². The zero-order chi connectivity index (χ0) is 13.1. The van der Waals surface area contributed by atoms with Gasteiger partial charge in [-0.2, -0.15) is 0 Å². The molecule has 1 rings (SSSR count). The molecule has 0 heterocycles. The van der Waals surface area contributed by atoms with Crippen molar-refractivity contribution < 1.29 is 18.1 Å². The van der Waals surface area contributed by atoms with E-state index in [1.807, 2.05) is 0 Å². The summed E-state index contributed by atoms with van der Waals surface area (Å²) in [4.78, 5) is 11.6. The zero-order valence-electron chi connectivity index (χ0n) is 9.00. The Morgan fingerprint density at radius 1 is 1.18 bits per heavy atom. The van der Waals surface area contributed by atoms with Crippen LogP contribution in [0.1, 0.15) is 5.56 Å². The molecule has 4 nitrogen and oxygen atoms in total. The van der Waals surface area contributed by atoms with Crippen molar-refractivity contribution in [2.24, 2.45) is 0 Å². The average molecular weight is 433 g/mol. The molecular formula is C10H9Br3O4. The maximum absolute atomic E-state index is 11.6. The van der Waals surface area contributed by atoms with E-state index in [0.29, 0.717) is 17.1 Å². The zero-order valence-corrected chi connectivity index (χ0v) is 13.8. The summed E-state index contributed by atoms with van der Waals surface area (Å²) < 4.78 is 13.6. The Hall–Kier alpha value is -0.270. The summed E-state index contributed by atoms with van der Waals surface area (Å²) in [6, 6.07) is 5.09. The summed E-state index contributed by atoms with van der Waals surface area (Å²) in [7, 11) is 3.06. The van der Waals surface area contributed by atoms with E-state index in [1.165, 1.54) is 7.11 Å². The number of alkyl halides is 2. The van der Waals surface area contributed by atoms with Gasteiger partial charge in [0.05, 0.1) is 14.2 Å². The number of hydrogen-bond donors (Lipinski definition) is 0. The van der Waals surface area contributed by atoms with E-state index < -0.39 is 9.20 Å². The lowest BCUT2D eigenvalue weighted by atomic mass is 10.1. The van der Waals surface area contributed by atoms with Crippen molar-refractivity contribution in [3.05, 3.63) is 23.8 Å².